The third-order valence-electron chi connectivity index (χ3n) is 2.95. The summed E-state index contributed by atoms with van der Waals surface area (Å²) in [6, 6.07) is 7.59. The van der Waals surface area contributed by atoms with Gasteiger partial charge in [-0.15, -0.1) is 11.8 Å². The Morgan fingerprint density at radius 2 is 2.11 bits per heavy atom. The van der Waals surface area contributed by atoms with Gasteiger partial charge in [-0.25, -0.2) is 0 Å². The molecule has 0 aromatic heterocycles. The average Bonchev–Trinajstić information content (AvgIpc) is 2.40. The maximum atomic E-state index is 11.7. The van der Waals surface area contributed by atoms with Crippen molar-refractivity contribution in [1.82, 2.24) is 5.32 Å². The summed E-state index contributed by atoms with van der Waals surface area (Å²) in [7, 11) is 0. The lowest BCUT2D eigenvalue weighted by Crippen LogP contribution is -2.38. The normalized spacial score (nSPS) is 13.9. The molecule has 5 heteroatoms. The highest BCUT2D eigenvalue weighted by Gasteiger charge is 2.13. The third kappa shape index (κ3) is 5.85. The van der Waals surface area contributed by atoms with E-state index in [9.17, 15) is 4.79 Å². The molecule has 2 unspecified atom stereocenters. The van der Waals surface area contributed by atoms with Gasteiger partial charge in [-0.1, -0.05) is 30.7 Å². The van der Waals surface area contributed by atoms with Crippen LogP contribution in [0.2, 0.25) is 5.02 Å². The molecule has 106 valence electrons. The lowest BCUT2D eigenvalue weighted by Gasteiger charge is -2.19. The molecule has 19 heavy (non-hydrogen) atoms. The molecule has 0 aliphatic rings. The fourth-order valence-corrected chi connectivity index (χ4v) is 2.63. The minimum absolute atomic E-state index is 0.00681. The Morgan fingerprint density at radius 3 is 2.74 bits per heavy atom. The van der Waals surface area contributed by atoms with Gasteiger partial charge in [0.25, 0.3) is 0 Å². The van der Waals surface area contributed by atoms with Crippen LogP contribution in [0.4, 0.5) is 0 Å². The molecule has 0 saturated carbocycles. The minimum Gasteiger partial charge on any atom is -0.396 e. The van der Waals surface area contributed by atoms with Gasteiger partial charge in [-0.3, -0.25) is 4.79 Å². The van der Waals surface area contributed by atoms with Crippen molar-refractivity contribution in [2.75, 3.05) is 12.4 Å². The van der Waals surface area contributed by atoms with Crippen LogP contribution < -0.4 is 5.32 Å². The first-order valence-electron chi connectivity index (χ1n) is 6.32. The second kappa shape index (κ2) is 8.46. The quantitative estimate of drug-likeness (QED) is 0.761. The molecule has 1 aromatic carbocycles. The molecule has 0 saturated heterocycles. The van der Waals surface area contributed by atoms with Crippen LogP contribution in [0.25, 0.3) is 0 Å². The topological polar surface area (TPSA) is 49.3 Å². The smallest absolute Gasteiger partial charge is 0.221 e. The van der Waals surface area contributed by atoms with E-state index in [0.717, 1.165) is 9.92 Å². The van der Waals surface area contributed by atoms with Crippen LogP contribution in [0.15, 0.2) is 29.2 Å². The van der Waals surface area contributed by atoms with E-state index in [2.05, 4.69) is 5.32 Å². The number of thioether (sulfide) groups is 1. The van der Waals surface area contributed by atoms with Crippen LogP contribution in [-0.4, -0.2) is 29.4 Å². The number of hydrogen-bond acceptors (Lipinski definition) is 3. The van der Waals surface area contributed by atoms with Gasteiger partial charge >= 0.3 is 0 Å². The number of carbonyl (C=O) groups is 1. The summed E-state index contributed by atoms with van der Waals surface area (Å²) in [5, 5.41) is 12.6. The molecule has 0 aliphatic heterocycles. The first-order chi connectivity index (χ1) is 9.04. The van der Waals surface area contributed by atoms with E-state index in [1.807, 2.05) is 38.1 Å². The van der Waals surface area contributed by atoms with Crippen LogP contribution >= 0.6 is 23.4 Å². The van der Waals surface area contributed by atoms with Crippen LogP contribution in [0.1, 0.15) is 20.3 Å². The van der Waals surface area contributed by atoms with Crippen LogP contribution in [0.3, 0.4) is 0 Å². The summed E-state index contributed by atoms with van der Waals surface area (Å²) in [5.74, 6) is 0.767. The van der Waals surface area contributed by atoms with Crippen LogP contribution in [0.5, 0.6) is 0 Å². The third-order valence-corrected chi connectivity index (χ3v) is 4.47. The number of nitrogens with one attached hydrogen (secondary N) is 1. The number of aliphatic hydroxyl groups is 1. The molecule has 0 heterocycles. The molecular weight excluding hydrogens is 282 g/mol. The maximum Gasteiger partial charge on any atom is 0.221 e. The molecule has 0 bridgehead atoms. The molecule has 0 fully saturated rings. The van der Waals surface area contributed by atoms with Gasteiger partial charge in [0.1, 0.15) is 0 Å². The standard InChI is InChI=1S/C14H20ClNO2S/c1-10(9-17)11(2)16-14(18)7-8-19-13-6-4-3-5-12(13)15/h3-6,10-11,17H,7-9H2,1-2H3,(H,16,18). The number of benzene rings is 1. The van der Waals surface area contributed by atoms with Crippen LogP contribution in [-0.2, 0) is 4.79 Å². The van der Waals surface area contributed by atoms with Gasteiger partial charge < -0.3 is 10.4 Å². The zero-order chi connectivity index (χ0) is 14.3. The van der Waals surface area contributed by atoms with Crippen LogP contribution in [0, 0.1) is 5.92 Å². The summed E-state index contributed by atoms with van der Waals surface area (Å²) >= 11 is 7.61. The van der Waals surface area contributed by atoms with Crippen molar-refractivity contribution in [3.63, 3.8) is 0 Å². The minimum atomic E-state index is -0.0113. The molecule has 1 amide bonds. The van der Waals surface area contributed by atoms with Crippen molar-refractivity contribution >= 4 is 29.3 Å². The predicted octanol–water partition coefficient (Wildman–Crippen LogP) is 2.96. The maximum absolute atomic E-state index is 11.7. The van der Waals surface area contributed by atoms with E-state index in [1.54, 1.807) is 11.8 Å². The molecule has 3 nitrogen and oxygen atoms in total. The highest BCUT2D eigenvalue weighted by Crippen LogP contribution is 2.26. The monoisotopic (exact) mass is 301 g/mol. The summed E-state index contributed by atoms with van der Waals surface area (Å²) in [6.07, 6.45) is 0.443. The number of aliphatic hydroxyl groups excluding tert-OH is 1. The van der Waals surface area contributed by atoms with Gasteiger partial charge in [0.2, 0.25) is 5.91 Å². The first-order valence-corrected chi connectivity index (χ1v) is 7.68. The molecule has 0 radical (unpaired) electrons. The summed E-state index contributed by atoms with van der Waals surface area (Å²) in [5.41, 5.74) is 0. The second-order valence-electron chi connectivity index (χ2n) is 4.54. The number of halogens is 1. The summed E-state index contributed by atoms with van der Waals surface area (Å²) in [4.78, 5) is 12.7. The van der Waals surface area contributed by atoms with Crippen molar-refractivity contribution in [1.29, 1.82) is 0 Å². The number of hydrogen-bond donors (Lipinski definition) is 2. The summed E-state index contributed by atoms with van der Waals surface area (Å²) in [6.45, 7) is 3.89. The zero-order valence-electron chi connectivity index (χ0n) is 11.2. The number of rotatable bonds is 7. The Labute approximate surface area is 123 Å². The fraction of sp³-hybridized carbons (Fsp3) is 0.500. The molecule has 0 spiro atoms. The molecule has 1 rings (SSSR count). The van der Waals surface area contributed by atoms with Gasteiger partial charge in [0.05, 0.1) is 5.02 Å². The highest BCUT2D eigenvalue weighted by atomic mass is 35.5. The molecule has 2 atom stereocenters. The molecule has 2 N–H and O–H groups in total. The van der Waals surface area contributed by atoms with Crippen molar-refractivity contribution < 1.29 is 9.90 Å². The number of carbonyl (C=O) groups excluding carboxylic acids is 1. The molecule has 0 aliphatic carbocycles. The first kappa shape index (κ1) is 16.3. The Hall–Kier alpha value is -0.710. The van der Waals surface area contributed by atoms with Crippen molar-refractivity contribution in [3.8, 4) is 0 Å². The van der Waals surface area contributed by atoms with E-state index >= 15 is 0 Å². The largest absolute Gasteiger partial charge is 0.396 e. The van der Waals surface area contributed by atoms with Gasteiger partial charge in [-0.05, 0) is 25.0 Å². The van der Waals surface area contributed by atoms with E-state index in [4.69, 9.17) is 16.7 Å². The van der Waals surface area contributed by atoms with Crippen molar-refractivity contribution in [3.05, 3.63) is 29.3 Å². The zero-order valence-corrected chi connectivity index (χ0v) is 12.8. The van der Waals surface area contributed by atoms with Crippen molar-refractivity contribution in [2.24, 2.45) is 5.92 Å². The van der Waals surface area contributed by atoms with E-state index in [-0.39, 0.29) is 24.5 Å². The number of amides is 1. The second-order valence-corrected chi connectivity index (χ2v) is 6.09. The molecular formula is C14H20ClNO2S. The Balaban J connectivity index is 2.30. The fourth-order valence-electron chi connectivity index (χ4n) is 1.44. The van der Waals surface area contributed by atoms with Crippen molar-refractivity contribution in [2.45, 2.75) is 31.2 Å². The highest BCUT2D eigenvalue weighted by molar-refractivity contribution is 7.99. The predicted molar refractivity (Wildman–Crippen MR) is 80.6 cm³/mol. The van der Waals surface area contributed by atoms with Gasteiger partial charge in [0.15, 0.2) is 0 Å². The Kier molecular flexibility index (Phi) is 7.28. The summed E-state index contributed by atoms with van der Waals surface area (Å²) < 4.78 is 0. The SMILES string of the molecule is CC(CO)C(C)NC(=O)CCSc1ccccc1Cl. The lowest BCUT2D eigenvalue weighted by atomic mass is 10.1. The Bertz CT molecular complexity index is 414. The van der Waals surface area contributed by atoms with E-state index < -0.39 is 0 Å². The van der Waals surface area contributed by atoms with Gasteiger partial charge in [-0.2, -0.15) is 0 Å². The molecule has 1 aromatic rings. The Morgan fingerprint density at radius 1 is 1.42 bits per heavy atom. The van der Waals surface area contributed by atoms with E-state index in [1.165, 1.54) is 0 Å². The van der Waals surface area contributed by atoms with Gasteiger partial charge in [0, 0.05) is 29.7 Å². The lowest BCUT2D eigenvalue weighted by molar-refractivity contribution is -0.121. The average molecular weight is 302 g/mol. The van der Waals surface area contributed by atoms with E-state index in [0.29, 0.717) is 12.2 Å².